The number of piperidine rings is 1. The van der Waals surface area contributed by atoms with E-state index >= 15 is 0 Å². The number of carbonyl (C=O) groups excluding carboxylic acids is 2. The van der Waals surface area contributed by atoms with Gasteiger partial charge in [-0.2, -0.15) is 0 Å². The Bertz CT molecular complexity index is 622. The SMILES string of the molecule is CN1C(=O)CC(C(=O)N2CCCC(N)C2)C1c1cccc(Cl)c1. The Balaban J connectivity index is 1.87. The van der Waals surface area contributed by atoms with Crippen molar-refractivity contribution in [2.75, 3.05) is 20.1 Å². The van der Waals surface area contributed by atoms with E-state index in [1.807, 2.05) is 23.1 Å². The van der Waals surface area contributed by atoms with Crippen molar-refractivity contribution in [3.63, 3.8) is 0 Å². The van der Waals surface area contributed by atoms with Crippen molar-refractivity contribution >= 4 is 23.4 Å². The molecule has 3 unspecified atom stereocenters. The van der Waals surface area contributed by atoms with Gasteiger partial charge in [0.05, 0.1) is 12.0 Å². The summed E-state index contributed by atoms with van der Waals surface area (Å²) in [5.41, 5.74) is 6.90. The van der Waals surface area contributed by atoms with Gasteiger partial charge in [0.1, 0.15) is 0 Å². The molecular formula is C17H22ClN3O2. The summed E-state index contributed by atoms with van der Waals surface area (Å²) in [4.78, 5) is 28.7. The lowest BCUT2D eigenvalue weighted by atomic mass is 9.91. The number of carbonyl (C=O) groups is 2. The maximum Gasteiger partial charge on any atom is 0.228 e. The van der Waals surface area contributed by atoms with Gasteiger partial charge in [-0.1, -0.05) is 23.7 Å². The van der Waals surface area contributed by atoms with Crippen LogP contribution in [0.5, 0.6) is 0 Å². The Hall–Kier alpha value is -1.59. The maximum absolute atomic E-state index is 13.0. The third kappa shape index (κ3) is 3.21. The summed E-state index contributed by atoms with van der Waals surface area (Å²) < 4.78 is 0. The molecule has 2 aliphatic rings. The van der Waals surface area contributed by atoms with Gasteiger partial charge in [-0.3, -0.25) is 9.59 Å². The number of benzene rings is 1. The first-order chi connectivity index (χ1) is 11.0. The van der Waals surface area contributed by atoms with Gasteiger partial charge in [0.2, 0.25) is 11.8 Å². The normalized spacial score (nSPS) is 28.3. The average Bonchev–Trinajstić information content (AvgIpc) is 2.82. The van der Waals surface area contributed by atoms with Gasteiger partial charge in [-0.25, -0.2) is 0 Å². The van der Waals surface area contributed by atoms with E-state index in [-0.39, 0.29) is 36.2 Å². The van der Waals surface area contributed by atoms with Gasteiger partial charge >= 0.3 is 0 Å². The van der Waals surface area contributed by atoms with Crippen molar-refractivity contribution in [3.05, 3.63) is 34.9 Å². The van der Waals surface area contributed by atoms with Crippen molar-refractivity contribution in [2.24, 2.45) is 11.7 Å². The fourth-order valence-corrected chi connectivity index (χ4v) is 3.88. The number of hydrogen-bond donors (Lipinski definition) is 1. The summed E-state index contributed by atoms with van der Waals surface area (Å²) in [6.07, 6.45) is 2.12. The molecule has 5 nitrogen and oxygen atoms in total. The Morgan fingerprint density at radius 2 is 2.17 bits per heavy atom. The number of hydrogen-bond acceptors (Lipinski definition) is 3. The summed E-state index contributed by atoms with van der Waals surface area (Å²) in [6.45, 7) is 1.30. The van der Waals surface area contributed by atoms with Crippen LogP contribution in [0.2, 0.25) is 5.02 Å². The molecule has 2 fully saturated rings. The lowest BCUT2D eigenvalue weighted by molar-refractivity contribution is -0.137. The van der Waals surface area contributed by atoms with E-state index in [9.17, 15) is 9.59 Å². The highest BCUT2D eigenvalue weighted by molar-refractivity contribution is 6.30. The number of rotatable bonds is 2. The van der Waals surface area contributed by atoms with Crippen LogP contribution in [0.1, 0.15) is 30.9 Å². The molecule has 124 valence electrons. The van der Waals surface area contributed by atoms with Crippen molar-refractivity contribution in [3.8, 4) is 0 Å². The fourth-order valence-electron chi connectivity index (χ4n) is 3.68. The third-order valence-electron chi connectivity index (χ3n) is 4.86. The molecule has 3 atom stereocenters. The smallest absolute Gasteiger partial charge is 0.228 e. The molecule has 0 radical (unpaired) electrons. The van der Waals surface area contributed by atoms with E-state index in [1.54, 1.807) is 18.0 Å². The van der Waals surface area contributed by atoms with Gasteiger partial charge in [0.25, 0.3) is 0 Å². The largest absolute Gasteiger partial charge is 0.341 e. The van der Waals surface area contributed by atoms with E-state index in [1.165, 1.54) is 0 Å². The van der Waals surface area contributed by atoms with Gasteiger partial charge in [-0.15, -0.1) is 0 Å². The fraction of sp³-hybridized carbons (Fsp3) is 0.529. The van der Waals surface area contributed by atoms with Crippen LogP contribution in [-0.2, 0) is 9.59 Å². The summed E-state index contributed by atoms with van der Waals surface area (Å²) in [6, 6.07) is 7.19. The van der Waals surface area contributed by atoms with E-state index in [2.05, 4.69) is 0 Å². The molecule has 0 aliphatic carbocycles. The molecule has 2 aliphatic heterocycles. The van der Waals surface area contributed by atoms with Crippen molar-refractivity contribution in [1.82, 2.24) is 9.80 Å². The number of likely N-dealkylation sites (tertiary alicyclic amines) is 2. The molecule has 0 saturated carbocycles. The van der Waals surface area contributed by atoms with Crippen LogP contribution in [0.4, 0.5) is 0 Å². The lowest BCUT2D eigenvalue weighted by Gasteiger charge is -2.34. The van der Waals surface area contributed by atoms with Crippen molar-refractivity contribution in [2.45, 2.75) is 31.3 Å². The highest BCUT2D eigenvalue weighted by atomic mass is 35.5. The quantitative estimate of drug-likeness (QED) is 0.896. The lowest BCUT2D eigenvalue weighted by Crippen LogP contribution is -2.48. The van der Waals surface area contributed by atoms with Crippen molar-refractivity contribution in [1.29, 1.82) is 0 Å². The molecule has 1 aromatic rings. The van der Waals surface area contributed by atoms with Gasteiger partial charge in [-0.05, 0) is 30.5 Å². The van der Waals surface area contributed by atoms with Crippen molar-refractivity contribution < 1.29 is 9.59 Å². The second kappa shape index (κ2) is 6.49. The molecule has 2 amide bonds. The van der Waals surface area contributed by atoms with Gasteiger partial charge in [0, 0.05) is 37.6 Å². The zero-order chi connectivity index (χ0) is 16.6. The molecule has 0 bridgehead atoms. The Morgan fingerprint density at radius 3 is 2.87 bits per heavy atom. The predicted octanol–water partition coefficient (Wildman–Crippen LogP) is 1.81. The second-order valence-corrected chi connectivity index (χ2v) is 6.94. The van der Waals surface area contributed by atoms with Gasteiger partial charge in [0.15, 0.2) is 0 Å². The molecule has 2 heterocycles. The van der Waals surface area contributed by atoms with E-state index < -0.39 is 0 Å². The van der Waals surface area contributed by atoms with E-state index in [0.29, 0.717) is 11.6 Å². The molecule has 0 spiro atoms. The van der Waals surface area contributed by atoms with Crippen LogP contribution in [0, 0.1) is 5.92 Å². The molecule has 1 aromatic carbocycles. The number of nitrogens with zero attached hydrogens (tertiary/aromatic N) is 2. The van der Waals surface area contributed by atoms with Crippen LogP contribution in [0.3, 0.4) is 0 Å². The predicted molar refractivity (Wildman–Crippen MR) is 88.9 cm³/mol. The molecule has 23 heavy (non-hydrogen) atoms. The van der Waals surface area contributed by atoms with Crippen LogP contribution in [0.15, 0.2) is 24.3 Å². The first-order valence-electron chi connectivity index (χ1n) is 8.03. The minimum absolute atomic E-state index is 0.00497. The summed E-state index contributed by atoms with van der Waals surface area (Å²) in [5.74, 6) is -0.339. The second-order valence-electron chi connectivity index (χ2n) is 6.50. The van der Waals surface area contributed by atoms with Crippen LogP contribution in [0.25, 0.3) is 0 Å². The average molecular weight is 336 g/mol. The third-order valence-corrected chi connectivity index (χ3v) is 5.10. The molecule has 2 saturated heterocycles. The number of amides is 2. The van der Waals surface area contributed by atoms with Gasteiger partial charge < -0.3 is 15.5 Å². The molecule has 0 aromatic heterocycles. The van der Waals surface area contributed by atoms with Crippen LogP contribution in [-0.4, -0.2) is 47.8 Å². The zero-order valence-corrected chi connectivity index (χ0v) is 14.0. The number of halogens is 1. The van der Waals surface area contributed by atoms with E-state index in [4.69, 9.17) is 17.3 Å². The first kappa shape index (κ1) is 16.3. The molecule has 6 heteroatoms. The number of nitrogens with two attached hydrogens (primary N) is 1. The minimum Gasteiger partial charge on any atom is -0.341 e. The Labute approximate surface area is 141 Å². The maximum atomic E-state index is 13.0. The summed E-state index contributed by atoms with van der Waals surface area (Å²) >= 11 is 6.09. The Kier molecular flexibility index (Phi) is 4.60. The molecule has 3 rings (SSSR count). The highest BCUT2D eigenvalue weighted by Crippen LogP contribution is 2.39. The Morgan fingerprint density at radius 1 is 1.39 bits per heavy atom. The summed E-state index contributed by atoms with van der Waals surface area (Å²) in [7, 11) is 1.75. The monoisotopic (exact) mass is 335 g/mol. The van der Waals surface area contributed by atoms with Crippen LogP contribution >= 0.6 is 11.6 Å². The van der Waals surface area contributed by atoms with Crippen LogP contribution < -0.4 is 5.73 Å². The zero-order valence-electron chi connectivity index (χ0n) is 13.2. The highest BCUT2D eigenvalue weighted by Gasteiger charge is 2.44. The van der Waals surface area contributed by atoms with E-state index in [0.717, 1.165) is 24.9 Å². The minimum atomic E-state index is -0.365. The standard InChI is InChI=1S/C17H22ClN3O2/c1-20-15(22)9-14(16(20)11-4-2-5-12(18)8-11)17(23)21-7-3-6-13(19)10-21/h2,4-5,8,13-14,16H,3,6-7,9-10,19H2,1H3. The topological polar surface area (TPSA) is 66.6 Å². The molecular weight excluding hydrogens is 314 g/mol. The molecule has 2 N–H and O–H groups in total. The summed E-state index contributed by atoms with van der Waals surface area (Å²) in [5, 5.41) is 0.612. The first-order valence-corrected chi connectivity index (χ1v) is 8.40.